The predicted octanol–water partition coefficient (Wildman–Crippen LogP) is 4.35. The summed E-state index contributed by atoms with van der Waals surface area (Å²) in [5, 5.41) is 3.57. The molecule has 0 aromatic heterocycles. The fourth-order valence-corrected chi connectivity index (χ4v) is 5.60. The van der Waals surface area contributed by atoms with E-state index in [1.54, 1.807) is 18.2 Å². The van der Waals surface area contributed by atoms with E-state index in [1.807, 2.05) is 32.0 Å². The van der Waals surface area contributed by atoms with Gasteiger partial charge in [0.05, 0.1) is 28.3 Å². The highest BCUT2D eigenvalue weighted by molar-refractivity contribution is 7.88. The number of piperidine rings is 1. The maximum Gasteiger partial charge on any atom is 0.224 e. The number of nitrogens with zero attached hydrogens (tertiary/aromatic N) is 1. The first-order valence-electron chi connectivity index (χ1n) is 10.6. The lowest BCUT2D eigenvalue weighted by Crippen LogP contribution is -2.46. The van der Waals surface area contributed by atoms with Crippen molar-refractivity contribution in [1.29, 1.82) is 0 Å². The van der Waals surface area contributed by atoms with E-state index >= 15 is 0 Å². The van der Waals surface area contributed by atoms with Crippen LogP contribution in [0.5, 0.6) is 5.75 Å². The lowest BCUT2D eigenvalue weighted by atomic mass is 9.99. The second-order valence-electron chi connectivity index (χ2n) is 8.11. The summed E-state index contributed by atoms with van der Waals surface area (Å²) >= 11 is 11.9. The number of halogens is 2. The average molecular weight is 499 g/mol. The maximum atomic E-state index is 12.9. The van der Waals surface area contributed by atoms with Crippen molar-refractivity contribution in [3.05, 3.63) is 63.1 Å². The Hall–Kier alpha value is -1.80. The molecule has 0 radical (unpaired) electrons. The van der Waals surface area contributed by atoms with Crippen LogP contribution in [0.1, 0.15) is 29.5 Å². The average Bonchev–Trinajstić information content (AvgIpc) is 2.76. The van der Waals surface area contributed by atoms with Gasteiger partial charge in [-0.15, -0.1) is 0 Å². The van der Waals surface area contributed by atoms with Crippen molar-refractivity contribution in [1.82, 2.24) is 9.62 Å². The van der Waals surface area contributed by atoms with Crippen molar-refractivity contribution in [3.8, 4) is 5.75 Å². The molecule has 2 aromatic carbocycles. The Balaban J connectivity index is 1.51. The topological polar surface area (TPSA) is 75.7 Å². The second kappa shape index (κ2) is 10.9. The lowest BCUT2D eigenvalue weighted by Gasteiger charge is -2.31. The van der Waals surface area contributed by atoms with Crippen molar-refractivity contribution in [2.24, 2.45) is 5.92 Å². The fourth-order valence-electron chi connectivity index (χ4n) is 3.68. The molecule has 1 amide bonds. The Kier molecular flexibility index (Phi) is 8.44. The zero-order valence-electron chi connectivity index (χ0n) is 18.2. The molecular formula is C23H28Cl2N2O4S. The first-order chi connectivity index (χ1) is 15.2. The lowest BCUT2D eigenvalue weighted by molar-refractivity contribution is -0.126. The van der Waals surface area contributed by atoms with E-state index in [-0.39, 0.29) is 24.1 Å². The molecule has 6 nitrogen and oxygen atoms in total. The predicted molar refractivity (Wildman–Crippen MR) is 128 cm³/mol. The molecule has 1 fully saturated rings. The molecule has 3 rings (SSSR count). The molecule has 1 aliphatic heterocycles. The molecule has 0 spiro atoms. The molecule has 0 bridgehead atoms. The molecule has 1 aliphatic rings. The molecule has 9 heteroatoms. The number of hydrogen-bond acceptors (Lipinski definition) is 4. The SMILES string of the molecule is Cc1ccc(C)c(OCCNC(=O)[C@H]2CCCN(S(=O)(=O)Cc3ccc(Cl)c(Cl)c3)C2)c1. The summed E-state index contributed by atoms with van der Waals surface area (Å²) in [6.07, 6.45) is 1.29. The van der Waals surface area contributed by atoms with Gasteiger partial charge >= 0.3 is 0 Å². The Morgan fingerprint density at radius 1 is 1.16 bits per heavy atom. The number of nitrogens with one attached hydrogen (secondary N) is 1. The van der Waals surface area contributed by atoms with Crippen LogP contribution in [0.4, 0.5) is 0 Å². The van der Waals surface area contributed by atoms with Crippen LogP contribution in [-0.2, 0) is 20.6 Å². The minimum absolute atomic E-state index is 0.149. The van der Waals surface area contributed by atoms with Gasteiger partial charge in [-0.2, -0.15) is 0 Å². The Labute approximate surface area is 199 Å². The van der Waals surface area contributed by atoms with E-state index < -0.39 is 10.0 Å². The molecule has 174 valence electrons. The van der Waals surface area contributed by atoms with E-state index in [1.165, 1.54) is 4.31 Å². The molecule has 0 saturated carbocycles. The van der Waals surface area contributed by atoms with Gasteiger partial charge < -0.3 is 10.1 Å². The largest absolute Gasteiger partial charge is 0.491 e. The number of carbonyl (C=O) groups excluding carboxylic acids is 1. The van der Waals surface area contributed by atoms with Crippen LogP contribution in [0, 0.1) is 19.8 Å². The van der Waals surface area contributed by atoms with Crippen LogP contribution < -0.4 is 10.1 Å². The van der Waals surface area contributed by atoms with E-state index in [0.29, 0.717) is 48.1 Å². The molecule has 2 aromatic rings. The van der Waals surface area contributed by atoms with Crippen LogP contribution in [0.2, 0.25) is 10.0 Å². The van der Waals surface area contributed by atoms with Crippen LogP contribution in [0.3, 0.4) is 0 Å². The summed E-state index contributed by atoms with van der Waals surface area (Å²) in [6, 6.07) is 10.8. The highest BCUT2D eigenvalue weighted by atomic mass is 35.5. The van der Waals surface area contributed by atoms with Gasteiger partial charge in [0.1, 0.15) is 12.4 Å². The number of carbonyl (C=O) groups is 1. The molecular weight excluding hydrogens is 471 g/mol. The number of aryl methyl sites for hydroxylation is 2. The van der Waals surface area contributed by atoms with Crippen molar-refractivity contribution < 1.29 is 17.9 Å². The molecule has 32 heavy (non-hydrogen) atoms. The third kappa shape index (κ3) is 6.61. The van der Waals surface area contributed by atoms with Gasteiger partial charge in [-0.1, -0.05) is 41.4 Å². The Morgan fingerprint density at radius 2 is 1.94 bits per heavy atom. The summed E-state index contributed by atoms with van der Waals surface area (Å²) in [7, 11) is -3.58. The van der Waals surface area contributed by atoms with Crippen molar-refractivity contribution >= 4 is 39.1 Å². The van der Waals surface area contributed by atoms with E-state index in [2.05, 4.69) is 5.32 Å². The fraction of sp³-hybridized carbons (Fsp3) is 0.435. The summed E-state index contributed by atoms with van der Waals surface area (Å²) in [5.74, 6) is 0.0931. The first kappa shape index (κ1) is 24.8. The quantitative estimate of drug-likeness (QED) is 0.549. The number of ether oxygens (including phenoxy) is 1. The van der Waals surface area contributed by atoms with Gasteiger partial charge in [0, 0.05) is 13.1 Å². The van der Waals surface area contributed by atoms with Crippen LogP contribution >= 0.6 is 23.2 Å². The number of sulfonamides is 1. The maximum absolute atomic E-state index is 12.9. The van der Waals surface area contributed by atoms with Crippen molar-refractivity contribution in [2.45, 2.75) is 32.4 Å². The number of hydrogen-bond donors (Lipinski definition) is 1. The third-order valence-electron chi connectivity index (χ3n) is 5.48. The third-order valence-corrected chi connectivity index (χ3v) is 8.04. The minimum Gasteiger partial charge on any atom is -0.491 e. The summed E-state index contributed by atoms with van der Waals surface area (Å²) in [6.45, 7) is 5.26. The van der Waals surface area contributed by atoms with E-state index in [4.69, 9.17) is 27.9 Å². The standard InChI is InChI=1S/C23H28Cl2N2O4S/c1-16-5-6-17(2)22(12-16)31-11-9-26-23(28)19-4-3-10-27(14-19)32(29,30)15-18-7-8-20(24)21(25)13-18/h5-8,12-13,19H,3-4,9-11,14-15H2,1-2H3,(H,26,28)/t19-/m0/s1. The first-order valence-corrected chi connectivity index (χ1v) is 12.9. The van der Waals surface area contributed by atoms with Crippen LogP contribution in [0.25, 0.3) is 0 Å². The normalized spacial score (nSPS) is 17.2. The van der Waals surface area contributed by atoms with Crippen molar-refractivity contribution in [3.63, 3.8) is 0 Å². The molecule has 0 aliphatic carbocycles. The van der Waals surface area contributed by atoms with Gasteiger partial charge in [-0.05, 0) is 61.6 Å². The second-order valence-corrected chi connectivity index (χ2v) is 10.9. The Morgan fingerprint density at radius 3 is 2.69 bits per heavy atom. The molecule has 1 N–H and O–H groups in total. The highest BCUT2D eigenvalue weighted by Crippen LogP contribution is 2.26. The highest BCUT2D eigenvalue weighted by Gasteiger charge is 2.32. The molecule has 1 heterocycles. The number of benzene rings is 2. The smallest absolute Gasteiger partial charge is 0.224 e. The minimum atomic E-state index is -3.58. The zero-order valence-corrected chi connectivity index (χ0v) is 20.6. The van der Waals surface area contributed by atoms with E-state index in [9.17, 15) is 13.2 Å². The Bertz CT molecular complexity index is 1080. The van der Waals surface area contributed by atoms with Gasteiger partial charge in [0.2, 0.25) is 15.9 Å². The molecule has 0 unspecified atom stereocenters. The van der Waals surface area contributed by atoms with E-state index in [0.717, 1.165) is 16.9 Å². The number of amides is 1. The summed E-state index contributed by atoms with van der Waals surface area (Å²) in [5.41, 5.74) is 2.71. The van der Waals surface area contributed by atoms with Crippen LogP contribution in [-0.4, -0.2) is 44.9 Å². The summed E-state index contributed by atoms with van der Waals surface area (Å²) in [4.78, 5) is 12.6. The van der Waals surface area contributed by atoms with Gasteiger partial charge in [0.15, 0.2) is 0 Å². The summed E-state index contributed by atoms with van der Waals surface area (Å²) < 4.78 is 33.0. The zero-order chi connectivity index (χ0) is 23.3. The van der Waals surface area contributed by atoms with Crippen LogP contribution in [0.15, 0.2) is 36.4 Å². The van der Waals surface area contributed by atoms with Crippen molar-refractivity contribution in [2.75, 3.05) is 26.2 Å². The molecule has 1 saturated heterocycles. The van der Waals surface area contributed by atoms with Gasteiger partial charge in [-0.25, -0.2) is 12.7 Å². The number of rotatable bonds is 8. The van der Waals surface area contributed by atoms with Gasteiger partial charge in [0.25, 0.3) is 0 Å². The molecule has 1 atom stereocenters. The van der Waals surface area contributed by atoms with Gasteiger partial charge in [-0.3, -0.25) is 4.79 Å². The monoisotopic (exact) mass is 498 g/mol.